The van der Waals surface area contributed by atoms with Gasteiger partial charge in [0.15, 0.2) is 5.96 Å². The summed E-state index contributed by atoms with van der Waals surface area (Å²) in [4.78, 5) is 9.11. The Morgan fingerprint density at radius 1 is 1.04 bits per heavy atom. The van der Waals surface area contributed by atoms with E-state index >= 15 is 0 Å². The maximum atomic E-state index is 13.0. The Bertz CT molecular complexity index is 786. The molecule has 7 heteroatoms. The lowest BCUT2D eigenvalue weighted by molar-refractivity contribution is 0.265. The second-order valence-corrected chi connectivity index (χ2v) is 7.00. The highest BCUT2D eigenvalue weighted by molar-refractivity contribution is 14.0. The fourth-order valence-electron chi connectivity index (χ4n) is 3.20. The average Bonchev–Trinajstić information content (AvgIpc) is 2.66. The van der Waals surface area contributed by atoms with Crippen molar-refractivity contribution in [3.8, 4) is 0 Å². The number of nitrogens with two attached hydrogens (primary N) is 1. The Balaban J connectivity index is 0.00000280. The number of piperazine rings is 1. The first-order valence-corrected chi connectivity index (χ1v) is 9.38. The van der Waals surface area contributed by atoms with E-state index in [1.807, 2.05) is 18.2 Å². The largest absolute Gasteiger partial charge is 0.370 e. The highest BCUT2D eigenvalue weighted by Gasteiger charge is 2.16. The minimum absolute atomic E-state index is 0. The van der Waals surface area contributed by atoms with Gasteiger partial charge in [0.25, 0.3) is 0 Å². The Morgan fingerprint density at radius 2 is 1.71 bits per heavy atom. The molecule has 28 heavy (non-hydrogen) atoms. The van der Waals surface area contributed by atoms with Crippen LogP contribution in [0.25, 0.3) is 0 Å². The molecule has 1 aliphatic rings. The number of guanidine groups is 1. The van der Waals surface area contributed by atoms with Crippen LogP contribution in [0.2, 0.25) is 0 Å². The van der Waals surface area contributed by atoms with Crippen molar-refractivity contribution in [2.24, 2.45) is 10.7 Å². The topological polar surface area (TPSA) is 56.9 Å². The van der Waals surface area contributed by atoms with E-state index in [-0.39, 0.29) is 29.8 Å². The number of nitrogens with zero attached hydrogens (tertiary/aromatic N) is 3. The molecule has 0 radical (unpaired) electrons. The number of aliphatic imine (C=N–C) groups is 1. The van der Waals surface area contributed by atoms with Crippen molar-refractivity contribution in [1.82, 2.24) is 4.90 Å². The van der Waals surface area contributed by atoms with E-state index in [4.69, 9.17) is 5.73 Å². The molecule has 0 saturated carbocycles. The van der Waals surface area contributed by atoms with Crippen molar-refractivity contribution >= 4 is 41.3 Å². The highest BCUT2D eigenvalue weighted by Crippen LogP contribution is 2.17. The summed E-state index contributed by atoms with van der Waals surface area (Å²) >= 11 is 0. The van der Waals surface area contributed by atoms with Crippen LogP contribution in [0.5, 0.6) is 0 Å². The number of anilines is 2. The van der Waals surface area contributed by atoms with Crippen LogP contribution in [0.1, 0.15) is 11.1 Å². The van der Waals surface area contributed by atoms with Gasteiger partial charge in [-0.2, -0.15) is 0 Å². The molecule has 0 amide bonds. The van der Waals surface area contributed by atoms with E-state index in [1.54, 1.807) is 0 Å². The Morgan fingerprint density at radius 3 is 2.36 bits per heavy atom. The molecule has 3 N–H and O–H groups in total. The molecule has 152 valence electrons. The predicted octanol–water partition coefficient (Wildman–Crippen LogP) is 3.61. The molecular formula is C21H29FIN5. The van der Waals surface area contributed by atoms with Crippen LogP contribution in [0, 0.1) is 19.7 Å². The third-order valence-electron chi connectivity index (χ3n) is 5.04. The zero-order valence-electron chi connectivity index (χ0n) is 16.5. The molecular weight excluding hydrogens is 468 g/mol. The second-order valence-electron chi connectivity index (χ2n) is 7.00. The number of rotatable bonds is 5. The molecule has 1 aliphatic heterocycles. The molecule has 0 atom stereocenters. The van der Waals surface area contributed by atoms with Crippen LogP contribution >= 0.6 is 24.0 Å². The first-order valence-electron chi connectivity index (χ1n) is 9.38. The molecule has 0 bridgehead atoms. The van der Waals surface area contributed by atoms with E-state index in [2.05, 4.69) is 46.1 Å². The van der Waals surface area contributed by atoms with Gasteiger partial charge in [-0.25, -0.2) is 4.39 Å². The summed E-state index contributed by atoms with van der Waals surface area (Å²) in [5.41, 5.74) is 10.5. The van der Waals surface area contributed by atoms with Gasteiger partial charge in [0.1, 0.15) is 5.82 Å². The normalized spacial score (nSPS) is 15.2. The zero-order chi connectivity index (χ0) is 19.2. The first kappa shape index (κ1) is 22.4. The van der Waals surface area contributed by atoms with Crippen LogP contribution in [0.3, 0.4) is 0 Å². The summed E-state index contributed by atoms with van der Waals surface area (Å²) in [6, 6.07) is 12.9. The van der Waals surface area contributed by atoms with E-state index in [9.17, 15) is 4.39 Å². The minimum atomic E-state index is -0.192. The van der Waals surface area contributed by atoms with Crippen molar-refractivity contribution in [2.75, 3.05) is 49.5 Å². The van der Waals surface area contributed by atoms with Gasteiger partial charge in [-0.15, -0.1) is 24.0 Å². The number of hydrogen-bond acceptors (Lipinski definition) is 3. The first-order chi connectivity index (χ1) is 13.0. The monoisotopic (exact) mass is 497 g/mol. The molecule has 5 nitrogen and oxygen atoms in total. The Kier molecular flexibility index (Phi) is 8.50. The maximum absolute atomic E-state index is 13.0. The summed E-state index contributed by atoms with van der Waals surface area (Å²) in [7, 11) is 0. The van der Waals surface area contributed by atoms with Crippen LogP contribution < -0.4 is 16.0 Å². The van der Waals surface area contributed by atoms with Crippen molar-refractivity contribution in [3.05, 3.63) is 59.4 Å². The lowest BCUT2D eigenvalue weighted by atomic mass is 10.1. The van der Waals surface area contributed by atoms with Crippen molar-refractivity contribution < 1.29 is 4.39 Å². The molecule has 0 aliphatic carbocycles. The van der Waals surface area contributed by atoms with Gasteiger partial charge >= 0.3 is 0 Å². The standard InChI is InChI=1S/C21H28FN5.HI/c1-16-3-6-19(15-17(16)2)25-21(23)24-9-10-26-11-13-27(14-12-26)20-7-4-18(22)5-8-20;/h3-8,15H,9-14H2,1-2H3,(H3,23,24,25);1H. The average molecular weight is 497 g/mol. The molecule has 3 rings (SSSR count). The SMILES string of the molecule is Cc1ccc(NC(N)=NCCN2CCN(c3ccc(F)cc3)CC2)cc1C.I. The molecule has 0 aromatic heterocycles. The molecule has 2 aromatic carbocycles. The quantitative estimate of drug-likeness (QED) is 0.377. The molecule has 1 heterocycles. The smallest absolute Gasteiger partial charge is 0.193 e. The summed E-state index contributed by atoms with van der Waals surface area (Å²) in [6.07, 6.45) is 0. The van der Waals surface area contributed by atoms with Gasteiger partial charge in [0.05, 0.1) is 6.54 Å². The molecule has 0 unspecified atom stereocenters. The van der Waals surface area contributed by atoms with Gasteiger partial charge in [0, 0.05) is 44.1 Å². The number of halogens is 2. The van der Waals surface area contributed by atoms with Crippen molar-refractivity contribution in [2.45, 2.75) is 13.8 Å². The minimum Gasteiger partial charge on any atom is -0.370 e. The number of aryl methyl sites for hydroxylation is 2. The predicted molar refractivity (Wildman–Crippen MR) is 126 cm³/mol. The zero-order valence-corrected chi connectivity index (χ0v) is 18.8. The van der Waals surface area contributed by atoms with E-state index < -0.39 is 0 Å². The molecule has 1 saturated heterocycles. The second kappa shape index (κ2) is 10.6. The van der Waals surface area contributed by atoms with Gasteiger partial charge < -0.3 is 16.0 Å². The lowest BCUT2D eigenvalue weighted by Gasteiger charge is -2.35. The summed E-state index contributed by atoms with van der Waals surface area (Å²) < 4.78 is 13.0. The van der Waals surface area contributed by atoms with Crippen LogP contribution in [-0.4, -0.2) is 50.1 Å². The van der Waals surface area contributed by atoms with Gasteiger partial charge in [-0.1, -0.05) is 6.07 Å². The summed E-state index contributed by atoms with van der Waals surface area (Å²) in [5, 5.41) is 3.15. The third-order valence-corrected chi connectivity index (χ3v) is 5.04. The Hall–Kier alpha value is -1.87. The number of hydrogen-bond donors (Lipinski definition) is 2. The highest BCUT2D eigenvalue weighted by atomic mass is 127. The van der Waals surface area contributed by atoms with Crippen molar-refractivity contribution in [3.63, 3.8) is 0 Å². The summed E-state index contributed by atoms with van der Waals surface area (Å²) in [5.74, 6) is 0.255. The number of benzene rings is 2. The van der Waals surface area contributed by atoms with Crippen LogP contribution in [-0.2, 0) is 0 Å². The lowest BCUT2D eigenvalue weighted by Crippen LogP contribution is -2.47. The van der Waals surface area contributed by atoms with E-state index in [1.165, 1.54) is 23.3 Å². The molecule has 2 aromatic rings. The van der Waals surface area contributed by atoms with Crippen LogP contribution in [0.15, 0.2) is 47.5 Å². The van der Waals surface area contributed by atoms with Gasteiger partial charge in [-0.05, 0) is 61.4 Å². The summed E-state index contributed by atoms with van der Waals surface area (Å²) in [6.45, 7) is 9.53. The number of nitrogens with one attached hydrogen (secondary N) is 1. The van der Waals surface area contributed by atoms with Crippen LogP contribution in [0.4, 0.5) is 15.8 Å². The third kappa shape index (κ3) is 6.34. The Labute approximate surface area is 183 Å². The van der Waals surface area contributed by atoms with E-state index in [0.29, 0.717) is 12.5 Å². The molecule has 1 fully saturated rings. The van der Waals surface area contributed by atoms with E-state index in [0.717, 1.165) is 44.1 Å². The maximum Gasteiger partial charge on any atom is 0.193 e. The van der Waals surface area contributed by atoms with Crippen molar-refractivity contribution in [1.29, 1.82) is 0 Å². The molecule has 0 spiro atoms. The van der Waals surface area contributed by atoms with Gasteiger partial charge in [-0.3, -0.25) is 9.89 Å². The fraction of sp³-hybridized carbons (Fsp3) is 0.381. The van der Waals surface area contributed by atoms with Gasteiger partial charge in [0.2, 0.25) is 0 Å². The fourth-order valence-corrected chi connectivity index (χ4v) is 3.20.